The Labute approximate surface area is 162 Å². The number of carbonyl (C=O) groups excluding carboxylic acids is 1. The molecule has 28 heavy (non-hydrogen) atoms. The van der Waals surface area contributed by atoms with Crippen LogP contribution in [-0.2, 0) is 0 Å². The van der Waals surface area contributed by atoms with Crippen LogP contribution in [0.15, 0.2) is 53.5 Å². The zero-order valence-electron chi connectivity index (χ0n) is 15.9. The molecule has 0 saturated carbocycles. The molecule has 1 fully saturated rings. The molecule has 0 spiro atoms. The van der Waals surface area contributed by atoms with Crippen LogP contribution < -0.4 is 14.9 Å². The molecule has 0 radical (unpaired) electrons. The number of aromatic amines is 1. The maximum Gasteiger partial charge on any atom is 0.270 e. The minimum Gasteiger partial charge on any atom is -0.496 e. The normalized spacial score (nSPS) is 16.4. The van der Waals surface area contributed by atoms with Gasteiger partial charge in [-0.15, -0.1) is 0 Å². The first-order valence-electron chi connectivity index (χ1n) is 9.27. The summed E-state index contributed by atoms with van der Waals surface area (Å²) in [6.45, 7) is 0.651. The van der Waals surface area contributed by atoms with Gasteiger partial charge in [-0.1, -0.05) is 30.3 Å². The Morgan fingerprint density at radius 1 is 1.07 bits per heavy atom. The number of aromatic nitrogens is 1. The van der Waals surface area contributed by atoms with Gasteiger partial charge in [0.15, 0.2) is 5.75 Å². The molecule has 1 saturated heterocycles. The van der Waals surface area contributed by atoms with E-state index in [0.717, 1.165) is 34.9 Å². The van der Waals surface area contributed by atoms with Crippen LogP contribution in [0.3, 0.4) is 0 Å². The number of rotatable bonds is 4. The number of ether oxygens (including phenoxy) is 2. The maximum absolute atomic E-state index is 13.1. The van der Waals surface area contributed by atoms with Crippen molar-refractivity contribution in [3.8, 4) is 11.5 Å². The molecular formula is C22H22N2O4. The van der Waals surface area contributed by atoms with Crippen LogP contribution in [0.25, 0.3) is 10.8 Å². The van der Waals surface area contributed by atoms with Crippen LogP contribution in [0.1, 0.15) is 34.9 Å². The van der Waals surface area contributed by atoms with Gasteiger partial charge in [0.1, 0.15) is 11.4 Å². The van der Waals surface area contributed by atoms with E-state index in [0.29, 0.717) is 6.54 Å². The highest BCUT2D eigenvalue weighted by Gasteiger charge is 2.32. The van der Waals surface area contributed by atoms with Crippen LogP contribution in [-0.4, -0.2) is 36.6 Å². The van der Waals surface area contributed by atoms with Gasteiger partial charge in [-0.25, -0.2) is 0 Å². The molecular weight excluding hydrogens is 356 g/mol. The molecule has 4 rings (SSSR count). The van der Waals surface area contributed by atoms with Crippen LogP contribution in [0, 0.1) is 0 Å². The van der Waals surface area contributed by atoms with Crippen molar-refractivity contribution in [3.05, 3.63) is 70.1 Å². The second-order valence-corrected chi connectivity index (χ2v) is 6.84. The summed E-state index contributed by atoms with van der Waals surface area (Å²) in [5.74, 6) is 0.826. The zero-order valence-corrected chi connectivity index (χ0v) is 15.9. The number of amides is 1. The molecule has 1 aliphatic rings. The zero-order chi connectivity index (χ0) is 19.7. The first-order chi connectivity index (χ1) is 13.6. The summed E-state index contributed by atoms with van der Waals surface area (Å²) in [7, 11) is 3.09. The number of carbonyl (C=O) groups is 1. The lowest BCUT2D eigenvalue weighted by molar-refractivity contribution is 0.0730. The molecule has 1 aliphatic heterocycles. The Hall–Kier alpha value is -3.28. The van der Waals surface area contributed by atoms with Gasteiger partial charge in [0, 0.05) is 24.2 Å². The van der Waals surface area contributed by atoms with Gasteiger partial charge in [0.25, 0.3) is 5.91 Å². The molecule has 2 aromatic carbocycles. The molecule has 6 nitrogen and oxygen atoms in total. The summed E-state index contributed by atoms with van der Waals surface area (Å²) in [4.78, 5) is 29.9. The predicted octanol–water partition coefficient (Wildman–Crippen LogP) is 3.52. The topological polar surface area (TPSA) is 71.6 Å². The van der Waals surface area contributed by atoms with Gasteiger partial charge in [-0.3, -0.25) is 9.59 Å². The van der Waals surface area contributed by atoms with Gasteiger partial charge in [0.2, 0.25) is 5.43 Å². The third kappa shape index (κ3) is 3.01. The number of hydrogen-bond acceptors (Lipinski definition) is 4. The number of nitrogens with zero attached hydrogens (tertiary/aromatic N) is 1. The largest absolute Gasteiger partial charge is 0.496 e. The molecule has 3 aromatic rings. The summed E-state index contributed by atoms with van der Waals surface area (Å²) in [6, 6.07) is 13.3. The highest BCUT2D eigenvalue weighted by atomic mass is 16.5. The van der Waals surface area contributed by atoms with Crippen LogP contribution in [0.2, 0.25) is 0 Å². The molecule has 1 unspecified atom stereocenters. The van der Waals surface area contributed by atoms with Crippen molar-refractivity contribution in [2.24, 2.45) is 0 Å². The van der Waals surface area contributed by atoms with Gasteiger partial charge in [0.05, 0.1) is 20.3 Å². The van der Waals surface area contributed by atoms with Crippen LogP contribution >= 0.6 is 0 Å². The Bertz CT molecular complexity index is 1090. The van der Waals surface area contributed by atoms with Crippen molar-refractivity contribution < 1.29 is 14.3 Å². The fraction of sp³-hybridized carbons (Fsp3) is 0.273. The fourth-order valence-corrected chi connectivity index (χ4v) is 3.99. The number of pyridine rings is 1. The lowest BCUT2D eigenvalue weighted by atomic mass is 9.96. The number of benzene rings is 2. The van der Waals surface area contributed by atoms with Crippen molar-refractivity contribution in [1.29, 1.82) is 0 Å². The molecule has 2 heterocycles. The Morgan fingerprint density at radius 3 is 2.54 bits per heavy atom. The van der Waals surface area contributed by atoms with Gasteiger partial charge >= 0.3 is 0 Å². The maximum atomic E-state index is 13.1. The van der Waals surface area contributed by atoms with Crippen molar-refractivity contribution >= 4 is 16.7 Å². The van der Waals surface area contributed by atoms with Crippen molar-refractivity contribution in [2.75, 3.05) is 20.8 Å². The molecule has 1 amide bonds. The fourth-order valence-electron chi connectivity index (χ4n) is 3.99. The van der Waals surface area contributed by atoms with Gasteiger partial charge in [-0.05, 0) is 29.9 Å². The number of hydrogen-bond donors (Lipinski definition) is 1. The van der Waals surface area contributed by atoms with Crippen LogP contribution in [0.4, 0.5) is 0 Å². The van der Waals surface area contributed by atoms with E-state index in [2.05, 4.69) is 11.1 Å². The summed E-state index contributed by atoms with van der Waals surface area (Å²) >= 11 is 0. The standard InChI is InChI=1S/C22H22N2O4/c1-27-20-10-9-15(14-6-3-4-7-16(14)20)18-8-5-11-24(18)22(26)17-12-19(25)21(28-2)13-23-17/h3-4,6-7,9-10,12-13,18H,5,8,11H2,1-2H3,(H,23,25). The molecule has 0 aliphatic carbocycles. The lowest BCUT2D eigenvalue weighted by Gasteiger charge is -2.26. The highest BCUT2D eigenvalue weighted by molar-refractivity contribution is 5.95. The third-order valence-electron chi connectivity index (χ3n) is 5.34. The Balaban J connectivity index is 1.73. The number of fused-ring (bicyclic) bond motifs is 1. The van der Waals surface area contributed by atoms with Crippen molar-refractivity contribution in [1.82, 2.24) is 9.88 Å². The van der Waals surface area contributed by atoms with E-state index < -0.39 is 0 Å². The molecule has 1 N–H and O–H groups in total. The molecule has 1 atom stereocenters. The monoisotopic (exact) mass is 378 g/mol. The van der Waals surface area contributed by atoms with E-state index in [1.165, 1.54) is 19.4 Å². The summed E-state index contributed by atoms with van der Waals surface area (Å²) in [6.07, 6.45) is 3.23. The van der Waals surface area contributed by atoms with E-state index in [1.807, 2.05) is 35.2 Å². The smallest absolute Gasteiger partial charge is 0.270 e. The van der Waals surface area contributed by atoms with Crippen LogP contribution in [0.5, 0.6) is 11.5 Å². The number of likely N-dealkylation sites (tertiary alicyclic amines) is 1. The van der Waals surface area contributed by atoms with Crippen molar-refractivity contribution in [2.45, 2.75) is 18.9 Å². The SMILES string of the molecule is COc1c[nH]c(C(=O)N2CCCC2c2ccc(OC)c3ccccc23)cc1=O. The number of nitrogens with one attached hydrogen (secondary N) is 1. The number of H-pyrrole nitrogens is 1. The first-order valence-corrected chi connectivity index (χ1v) is 9.27. The van der Waals surface area contributed by atoms with E-state index in [-0.39, 0.29) is 28.8 Å². The molecule has 6 heteroatoms. The van der Waals surface area contributed by atoms with E-state index in [9.17, 15) is 9.59 Å². The lowest BCUT2D eigenvalue weighted by Crippen LogP contribution is -2.32. The first kappa shape index (κ1) is 18.1. The highest BCUT2D eigenvalue weighted by Crippen LogP contribution is 2.39. The predicted molar refractivity (Wildman–Crippen MR) is 107 cm³/mol. The van der Waals surface area contributed by atoms with E-state index in [4.69, 9.17) is 9.47 Å². The van der Waals surface area contributed by atoms with Gasteiger partial charge in [-0.2, -0.15) is 0 Å². The summed E-state index contributed by atoms with van der Waals surface area (Å²) < 4.78 is 10.5. The Morgan fingerprint density at radius 2 is 1.82 bits per heavy atom. The third-order valence-corrected chi connectivity index (χ3v) is 5.34. The van der Waals surface area contributed by atoms with Gasteiger partial charge < -0.3 is 19.4 Å². The summed E-state index contributed by atoms with van der Waals surface area (Å²) in [5.41, 5.74) is 1.06. The minimum atomic E-state index is -0.310. The Kier molecular flexibility index (Phi) is 4.77. The van der Waals surface area contributed by atoms with E-state index in [1.54, 1.807) is 7.11 Å². The second-order valence-electron chi connectivity index (χ2n) is 6.84. The van der Waals surface area contributed by atoms with Crippen molar-refractivity contribution in [3.63, 3.8) is 0 Å². The quantitative estimate of drug-likeness (QED) is 0.754. The average molecular weight is 378 g/mol. The summed E-state index contributed by atoms with van der Waals surface area (Å²) in [5, 5.41) is 2.11. The minimum absolute atomic E-state index is 0.0473. The van der Waals surface area contributed by atoms with E-state index >= 15 is 0 Å². The number of methoxy groups -OCH3 is 2. The molecule has 1 aromatic heterocycles. The molecule has 0 bridgehead atoms. The second kappa shape index (κ2) is 7.38. The average Bonchev–Trinajstić information content (AvgIpc) is 3.21. The molecule has 144 valence electrons.